The van der Waals surface area contributed by atoms with Gasteiger partial charge in [0.25, 0.3) is 0 Å². The van der Waals surface area contributed by atoms with Gasteiger partial charge < -0.3 is 0 Å². The highest BCUT2D eigenvalue weighted by molar-refractivity contribution is 6.36. The lowest BCUT2D eigenvalue weighted by Gasteiger charge is -2.30. The number of amides is 4. The van der Waals surface area contributed by atoms with E-state index in [0.29, 0.717) is 23.6 Å². The quantitative estimate of drug-likeness (QED) is 0.872. The zero-order valence-electron chi connectivity index (χ0n) is 11.3. The standard InChI is InChI=1S/C14H15ClN2O3/c1-3-4-9-12(18)16-14(20)17(13(9)19)11-7-8(2)5-6-10(11)15/h5-7,9H,3-4H2,1-2H3,(H,16,18,20). The summed E-state index contributed by atoms with van der Waals surface area (Å²) in [7, 11) is 0. The molecule has 1 unspecified atom stereocenters. The van der Waals surface area contributed by atoms with Gasteiger partial charge in [0.2, 0.25) is 11.8 Å². The van der Waals surface area contributed by atoms with Crippen LogP contribution < -0.4 is 10.2 Å². The first-order chi connectivity index (χ1) is 9.45. The topological polar surface area (TPSA) is 66.5 Å². The maximum Gasteiger partial charge on any atom is 0.335 e. The summed E-state index contributed by atoms with van der Waals surface area (Å²) in [5, 5.41) is 2.50. The van der Waals surface area contributed by atoms with Crippen LogP contribution in [0.5, 0.6) is 0 Å². The molecular weight excluding hydrogens is 280 g/mol. The molecule has 1 aromatic rings. The van der Waals surface area contributed by atoms with E-state index in [1.54, 1.807) is 18.2 Å². The van der Waals surface area contributed by atoms with E-state index in [4.69, 9.17) is 11.6 Å². The van der Waals surface area contributed by atoms with E-state index in [1.807, 2.05) is 13.8 Å². The van der Waals surface area contributed by atoms with Crippen molar-refractivity contribution in [3.05, 3.63) is 28.8 Å². The third-order valence-electron chi connectivity index (χ3n) is 3.19. The Morgan fingerprint density at radius 1 is 1.30 bits per heavy atom. The molecule has 0 aromatic heterocycles. The summed E-state index contributed by atoms with van der Waals surface area (Å²) >= 11 is 6.06. The van der Waals surface area contributed by atoms with Gasteiger partial charge in [-0.15, -0.1) is 0 Å². The molecule has 1 atom stereocenters. The van der Waals surface area contributed by atoms with E-state index in [0.717, 1.165) is 10.5 Å². The van der Waals surface area contributed by atoms with Gasteiger partial charge >= 0.3 is 6.03 Å². The van der Waals surface area contributed by atoms with E-state index in [1.165, 1.54) is 0 Å². The number of halogens is 1. The predicted octanol–water partition coefficient (Wildman–Crippen LogP) is 2.65. The smallest absolute Gasteiger partial charge is 0.277 e. The van der Waals surface area contributed by atoms with Crippen LogP contribution >= 0.6 is 11.6 Å². The van der Waals surface area contributed by atoms with Crippen molar-refractivity contribution in [1.29, 1.82) is 0 Å². The van der Waals surface area contributed by atoms with E-state index in [9.17, 15) is 14.4 Å². The Morgan fingerprint density at radius 3 is 2.65 bits per heavy atom. The maximum atomic E-state index is 12.4. The van der Waals surface area contributed by atoms with Crippen LogP contribution in [-0.2, 0) is 9.59 Å². The minimum atomic E-state index is -0.839. The SMILES string of the molecule is CCCC1C(=O)NC(=O)N(c2cc(C)ccc2Cl)C1=O. The molecule has 1 fully saturated rings. The monoisotopic (exact) mass is 294 g/mol. The number of anilines is 1. The minimum absolute atomic E-state index is 0.295. The summed E-state index contributed by atoms with van der Waals surface area (Å²) in [5.41, 5.74) is 1.18. The highest BCUT2D eigenvalue weighted by Gasteiger charge is 2.41. The van der Waals surface area contributed by atoms with Crippen molar-refractivity contribution in [2.24, 2.45) is 5.92 Å². The number of hydrogen-bond acceptors (Lipinski definition) is 3. The Morgan fingerprint density at radius 2 is 2.00 bits per heavy atom. The molecule has 0 spiro atoms. The van der Waals surface area contributed by atoms with Gasteiger partial charge in [0, 0.05) is 0 Å². The zero-order chi connectivity index (χ0) is 14.9. The molecule has 0 radical (unpaired) electrons. The van der Waals surface area contributed by atoms with Crippen molar-refractivity contribution in [3.8, 4) is 0 Å². The molecular formula is C14H15ClN2O3. The van der Waals surface area contributed by atoms with E-state index in [2.05, 4.69) is 5.32 Å². The van der Waals surface area contributed by atoms with Crippen LogP contribution in [0, 0.1) is 12.8 Å². The van der Waals surface area contributed by atoms with Crippen molar-refractivity contribution in [1.82, 2.24) is 5.32 Å². The summed E-state index contributed by atoms with van der Waals surface area (Å²) in [4.78, 5) is 37.0. The van der Waals surface area contributed by atoms with Gasteiger partial charge in [0.05, 0.1) is 10.7 Å². The normalized spacial score (nSPS) is 19.2. The van der Waals surface area contributed by atoms with Crippen LogP contribution in [0.2, 0.25) is 5.02 Å². The van der Waals surface area contributed by atoms with E-state index < -0.39 is 23.8 Å². The molecule has 4 amide bonds. The molecule has 2 rings (SSSR count). The lowest BCUT2D eigenvalue weighted by atomic mass is 9.98. The summed E-state index contributed by atoms with van der Waals surface area (Å²) in [6.45, 7) is 3.71. The highest BCUT2D eigenvalue weighted by atomic mass is 35.5. The summed E-state index contributed by atoms with van der Waals surface area (Å²) in [6.07, 6.45) is 1.07. The van der Waals surface area contributed by atoms with Gasteiger partial charge in [0.1, 0.15) is 5.92 Å². The molecule has 1 aliphatic heterocycles. The number of carbonyl (C=O) groups is 3. The summed E-state index contributed by atoms with van der Waals surface area (Å²) < 4.78 is 0. The first kappa shape index (κ1) is 14.5. The van der Waals surface area contributed by atoms with Crippen LogP contribution in [0.4, 0.5) is 10.5 Å². The van der Waals surface area contributed by atoms with Crippen LogP contribution in [0.15, 0.2) is 18.2 Å². The van der Waals surface area contributed by atoms with Gasteiger partial charge in [-0.2, -0.15) is 0 Å². The summed E-state index contributed by atoms with van der Waals surface area (Å²) in [5.74, 6) is -1.90. The number of urea groups is 1. The zero-order valence-corrected chi connectivity index (χ0v) is 12.0. The largest absolute Gasteiger partial charge is 0.335 e. The van der Waals surface area contributed by atoms with Crippen LogP contribution in [0.1, 0.15) is 25.3 Å². The number of carbonyl (C=O) groups excluding carboxylic acids is 3. The Bertz CT molecular complexity index is 586. The fraction of sp³-hybridized carbons (Fsp3) is 0.357. The molecule has 1 N–H and O–H groups in total. The van der Waals surface area contributed by atoms with Crippen molar-refractivity contribution in [2.45, 2.75) is 26.7 Å². The lowest BCUT2D eigenvalue weighted by molar-refractivity contribution is -0.134. The Hall–Kier alpha value is -1.88. The molecule has 5 nitrogen and oxygen atoms in total. The molecule has 1 saturated heterocycles. The second kappa shape index (κ2) is 5.63. The second-order valence-corrected chi connectivity index (χ2v) is 5.17. The van der Waals surface area contributed by atoms with Crippen LogP contribution in [0.3, 0.4) is 0 Å². The number of aryl methyl sites for hydroxylation is 1. The second-order valence-electron chi connectivity index (χ2n) is 4.76. The molecule has 0 saturated carbocycles. The minimum Gasteiger partial charge on any atom is -0.277 e. The fourth-order valence-electron chi connectivity index (χ4n) is 2.18. The number of barbiturate groups is 1. The third-order valence-corrected chi connectivity index (χ3v) is 3.51. The van der Waals surface area contributed by atoms with Crippen molar-refractivity contribution in [3.63, 3.8) is 0 Å². The van der Waals surface area contributed by atoms with Gasteiger partial charge in [-0.1, -0.05) is 31.0 Å². The molecule has 6 heteroatoms. The van der Waals surface area contributed by atoms with Crippen molar-refractivity contribution >= 4 is 35.1 Å². The molecule has 1 heterocycles. The van der Waals surface area contributed by atoms with Gasteiger partial charge in [-0.05, 0) is 31.0 Å². The fourth-order valence-corrected chi connectivity index (χ4v) is 2.38. The third kappa shape index (κ3) is 2.54. The molecule has 0 bridgehead atoms. The van der Waals surface area contributed by atoms with E-state index >= 15 is 0 Å². The number of imide groups is 2. The van der Waals surface area contributed by atoms with Gasteiger partial charge in [-0.3, -0.25) is 14.9 Å². The van der Waals surface area contributed by atoms with Crippen LogP contribution in [-0.4, -0.2) is 17.8 Å². The average molecular weight is 295 g/mol. The molecule has 1 aromatic carbocycles. The molecule has 20 heavy (non-hydrogen) atoms. The molecule has 0 aliphatic carbocycles. The maximum absolute atomic E-state index is 12.4. The Kier molecular flexibility index (Phi) is 4.09. The Labute approximate surface area is 121 Å². The summed E-state index contributed by atoms with van der Waals surface area (Å²) in [6, 6.07) is 4.31. The lowest BCUT2D eigenvalue weighted by Crippen LogP contribution is -2.58. The number of benzene rings is 1. The van der Waals surface area contributed by atoms with E-state index in [-0.39, 0.29) is 0 Å². The van der Waals surface area contributed by atoms with Gasteiger partial charge in [-0.25, -0.2) is 9.69 Å². The first-order valence-electron chi connectivity index (χ1n) is 6.40. The van der Waals surface area contributed by atoms with Gasteiger partial charge in [0.15, 0.2) is 0 Å². The number of nitrogens with one attached hydrogen (secondary N) is 1. The molecule has 106 valence electrons. The highest BCUT2D eigenvalue weighted by Crippen LogP contribution is 2.30. The molecule has 1 aliphatic rings. The number of nitrogens with zero attached hydrogens (tertiary/aromatic N) is 1. The Balaban J connectivity index is 2.43. The average Bonchev–Trinajstić information content (AvgIpc) is 2.38. The number of hydrogen-bond donors (Lipinski definition) is 1. The van der Waals surface area contributed by atoms with Crippen LogP contribution in [0.25, 0.3) is 0 Å². The predicted molar refractivity (Wildman–Crippen MR) is 75.6 cm³/mol. The van der Waals surface area contributed by atoms with Crippen molar-refractivity contribution in [2.75, 3.05) is 4.90 Å². The number of rotatable bonds is 3. The van der Waals surface area contributed by atoms with Crippen molar-refractivity contribution < 1.29 is 14.4 Å². The first-order valence-corrected chi connectivity index (χ1v) is 6.78.